The van der Waals surface area contributed by atoms with Crippen LogP contribution in [0.25, 0.3) is 0 Å². The first-order valence-electron chi connectivity index (χ1n) is 5.89. The van der Waals surface area contributed by atoms with E-state index < -0.39 is 38.1 Å². The maximum Gasteiger partial charge on any atom is 0.307 e. The van der Waals surface area contributed by atoms with Gasteiger partial charge in [0.05, 0.1) is 22.1 Å². The second-order valence-electron chi connectivity index (χ2n) is 4.64. The van der Waals surface area contributed by atoms with E-state index in [1.165, 1.54) is 0 Å². The van der Waals surface area contributed by atoms with E-state index in [2.05, 4.69) is 5.32 Å². The summed E-state index contributed by atoms with van der Waals surface area (Å²) in [5.74, 6) is -2.35. The minimum Gasteiger partial charge on any atom is -0.379 e. The Labute approximate surface area is 113 Å². The number of sulfone groups is 1. The van der Waals surface area contributed by atoms with Gasteiger partial charge in [-0.3, -0.25) is 10.1 Å². The van der Waals surface area contributed by atoms with E-state index in [0.717, 1.165) is 6.07 Å². The number of nitro benzene ring substituents is 1. The molecule has 1 saturated heterocycles. The van der Waals surface area contributed by atoms with E-state index in [9.17, 15) is 27.3 Å². The molecule has 6 nitrogen and oxygen atoms in total. The number of hydrogen-bond acceptors (Lipinski definition) is 5. The average molecular weight is 306 g/mol. The minimum absolute atomic E-state index is 0.0806. The van der Waals surface area contributed by atoms with Gasteiger partial charge in [-0.15, -0.1) is 0 Å². The Morgan fingerprint density at radius 3 is 2.60 bits per heavy atom. The van der Waals surface area contributed by atoms with Crippen LogP contribution in [-0.2, 0) is 9.84 Å². The summed E-state index contributed by atoms with van der Waals surface area (Å²) >= 11 is 0. The molecule has 1 N–H and O–H groups in total. The summed E-state index contributed by atoms with van der Waals surface area (Å²) in [4.78, 5) is 9.64. The van der Waals surface area contributed by atoms with Gasteiger partial charge in [-0.2, -0.15) is 4.39 Å². The highest BCUT2D eigenvalue weighted by Gasteiger charge is 2.26. The van der Waals surface area contributed by atoms with Crippen LogP contribution < -0.4 is 5.32 Å². The molecule has 0 aliphatic carbocycles. The Balaban J connectivity index is 2.25. The van der Waals surface area contributed by atoms with Gasteiger partial charge >= 0.3 is 5.69 Å². The highest BCUT2D eigenvalue weighted by Crippen LogP contribution is 2.27. The molecule has 0 saturated carbocycles. The fraction of sp³-hybridized carbons (Fsp3) is 0.455. The molecular formula is C11H12F2N2O4S. The molecule has 1 heterocycles. The lowest BCUT2D eigenvalue weighted by Gasteiger charge is -2.24. The summed E-state index contributed by atoms with van der Waals surface area (Å²) in [7, 11) is -3.19. The second kappa shape index (κ2) is 5.31. The number of benzene rings is 1. The number of nitrogens with one attached hydrogen (secondary N) is 1. The van der Waals surface area contributed by atoms with Gasteiger partial charge < -0.3 is 5.32 Å². The van der Waals surface area contributed by atoms with Gasteiger partial charge in [-0.25, -0.2) is 12.8 Å². The zero-order chi connectivity index (χ0) is 14.9. The lowest BCUT2D eigenvalue weighted by molar-refractivity contribution is -0.387. The molecule has 0 amide bonds. The normalized spacial score (nSPS) is 21.4. The van der Waals surface area contributed by atoms with Crippen LogP contribution in [0.1, 0.15) is 12.8 Å². The van der Waals surface area contributed by atoms with Crippen molar-refractivity contribution in [3.63, 3.8) is 0 Å². The molecule has 0 bridgehead atoms. The van der Waals surface area contributed by atoms with Gasteiger partial charge in [-0.1, -0.05) is 0 Å². The third-order valence-electron chi connectivity index (χ3n) is 3.06. The van der Waals surface area contributed by atoms with E-state index in [0.29, 0.717) is 18.9 Å². The Hall–Kier alpha value is -1.77. The van der Waals surface area contributed by atoms with Crippen LogP contribution in [0, 0.1) is 21.7 Å². The summed E-state index contributed by atoms with van der Waals surface area (Å²) in [6.07, 6.45) is 0.939. The van der Waals surface area contributed by atoms with Gasteiger partial charge in [0, 0.05) is 18.2 Å². The van der Waals surface area contributed by atoms with Crippen molar-refractivity contribution in [2.45, 2.75) is 18.9 Å². The molecule has 1 aliphatic rings. The maximum atomic E-state index is 13.6. The number of nitrogens with zero attached hydrogens (tertiary/aromatic N) is 1. The van der Waals surface area contributed by atoms with Crippen molar-refractivity contribution in [3.05, 3.63) is 33.9 Å². The SMILES string of the molecule is O=[N+]([O-])c1cc(NC2CCCS(=O)(=O)C2)c(F)cc1F. The highest BCUT2D eigenvalue weighted by atomic mass is 32.2. The van der Waals surface area contributed by atoms with Gasteiger partial charge in [0.15, 0.2) is 9.84 Å². The molecule has 1 atom stereocenters. The maximum absolute atomic E-state index is 13.6. The van der Waals surface area contributed by atoms with Crippen LogP contribution in [-0.4, -0.2) is 30.9 Å². The fourth-order valence-electron chi connectivity index (χ4n) is 2.14. The Kier molecular flexibility index (Phi) is 3.89. The monoisotopic (exact) mass is 306 g/mol. The number of rotatable bonds is 3. The van der Waals surface area contributed by atoms with Crippen LogP contribution in [0.4, 0.5) is 20.2 Å². The van der Waals surface area contributed by atoms with Crippen LogP contribution in [0.15, 0.2) is 12.1 Å². The first kappa shape index (κ1) is 14.6. The second-order valence-corrected chi connectivity index (χ2v) is 6.87. The van der Waals surface area contributed by atoms with Crippen molar-refractivity contribution >= 4 is 21.2 Å². The van der Waals surface area contributed by atoms with Crippen LogP contribution >= 0.6 is 0 Å². The predicted molar refractivity (Wildman–Crippen MR) is 68.3 cm³/mol. The molecule has 0 radical (unpaired) electrons. The van der Waals surface area contributed by atoms with Gasteiger partial charge in [0.2, 0.25) is 5.82 Å². The molecular weight excluding hydrogens is 294 g/mol. The molecule has 2 rings (SSSR count). The van der Waals surface area contributed by atoms with Gasteiger partial charge in [0.1, 0.15) is 5.82 Å². The molecule has 1 aromatic rings. The summed E-state index contributed by atoms with van der Waals surface area (Å²) in [6, 6.07) is 0.622. The van der Waals surface area contributed by atoms with Crippen LogP contribution in [0.5, 0.6) is 0 Å². The highest BCUT2D eigenvalue weighted by molar-refractivity contribution is 7.91. The first-order valence-corrected chi connectivity index (χ1v) is 7.71. The molecule has 20 heavy (non-hydrogen) atoms. The zero-order valence-electron chi connectivity index (χ0n) is 10.3. The smallest absolute Gasteiger partial charge is 0.307 e. The summed E-state index contributed by atoms with van der Waals surface area (Å²) < 4.78 is 49.7. The van der Waals surface area contributed by atoms with E-state index in [1.54, 1.807) is 0 Å². The third kappa shape index (κ3) is 3.21. The van der Waals surface area contributed by atoms with E-state index in [1.807, 2.05) is 0 Å². The molecule has 1 fully saturated rings. The summed E-state index contributed by atoms with van der Waals surface area (Å²) in [5, 5.41) is 13.2. The molecule has 0 spiro atoms. The number of anilines is 1. The Morgan fingerprint density at radius 2 is 2.00 bits per heavy atom. The minimum atomic E-state index is -3.19. The predicted octanol–water partition coefficient (Wildman–Crippen LogP) is 1.86. The van der Waals surface area contributed by atoms with Crippen molar-refractivity contribution < 1.29 is 22.1 Å². The van der Waals surface area contributed by atoms with E-state index in [4.69, 9.17) is 0 Å². The summed E-state index contributed by atoms with van der Waals surface area (Å²) in [5.41, 5.74) is -1.12. The zero-order valence-corrected chi connectivity index (χ0v) is 11.1. The standard InChI is InChI=1S/C11H12F2N2O4S/c12-8-4-9(13)11(15(16)17)5-10(8)14-7-2-1-3-20(18,19)6-7/h4-5,7,14H,1-3,6H2. The lowest BCUT2D eigenvalue weighted by Crippen LogP contribution is -2.35. The number of hydrogen-bond donors (Lipinski definition) is 1. The largest absolute Gasteiger partial charge is 0.379 e. The molecule has 1 aromatic carbocycles. The van der Waals surface area contributed by atoms with Crippen LogP contribution in [0.3, 0.4) is 0 Å². The van der Waals surface area contributed by atoms with E-state index in [-0.39, 0.29) is 17.2 Å². The number of halogens is 2. The van der Waals surface area contributed by atoms with Crippen molar-refractivity contribution in [2.24, 2.45) is 0 Å². The Bertz CT molecular complexity index is 648. The first-order chi connectivity index (χ1) is 9.28. The third-order valence-corrected chi connectivity index (χ3v) is 4.88. The van der Waals surface area contributed by atoms with Gasteiger partial charge in [0.25, 0.3) is 0 Å². The molecule has 1 aliphatic heterocycles. The average Bonchev–Trinajstić information content (AvgIpc) is 2.31. The van der Waals surface area contributed by atoms with Gasteiger partial charge in [-0.05, 0) is 12.8 Å². The fourth-order valence-corrected chi connectivity index (χ4v) is 3.78. The van der Waals surface area contributed by atoms with Crippen molar-refractivity contribution in [1.29, 1.82) is 0 Å². The topological polar surface area (TPSA) is 89.3 Å². The van der Waals surface area contributed by atoms with E-state index >= 15 is 0 Å². The molecule has 0 aromatic heterocycles. The Morgan fingerprint density at radius 1 is 1.30 bits per heavy atom. The quantitative estimate of drug-likeness (QED) is 0.680. The van der Waals surface area contributed by atoms with Crippen molar-refractivity contribution in [3.8, 4) is 0 Å². The van der Waals surface area contributed by atoms with Crippen LogP contribution in [0.2, 0.25) is 0 Å². The van der Waals surface area contributed by atoms with Crippen molar-refractivity contribution in [2.75, 3.05) is 16.8 Å². The molecule has 110 valence electrons. The summed E-state index contributed by atoms with van der Waals surface area (Å²) in [6.45, 7) is 0. The molecule has 9 heteroatoms. The van der Waals surface area contributed by atoms with Crippen molar-refractivity contribution in [1.82, 2.24) is 0 Å². The lowest BCUT2D eigenvalue weighted by atomic mass is 10.1. The number of nitro groups is 1. The molecule has 1 unspecified atom stereocenters.